The van der Waals surface area contributed by atoms with Crippen molar-refractivity contribution in [3.05, 3.63) is 41.2 Å². The summed E-state index contributed by atoms with van der Waals surface area (Å²) in [6.07, 6.45) is 1.76. The molecule has 0 amide bonds. The first-order valence-corrected chi connectivity index (χ1v) is 6.07. The van der Waals surface area contributed by atoms with Crippen molar-refractivity contribution in [2.24, 2.45) is 0 Å². The maximum atomic E-state index is 8.96. The van der Waals surface area contributed by atoms with Gasteiger partial charge in [0.15, 0.2) is 0 Å². The second-order valence-electron chi connectivity index (χ2n) is 4.13. The van der Waals surface area contributed by atoms with Crippen LogP contribution >= 0.6 is 0 Å². The maximum absolute atomic E-state index is 8.96. The van der Waals surface area contributed by atoms with Crippen molar-refractivity contribution in [2.45, 2.75) is 26.7 Å². The molecule has 0 unspecified atom stereocenters. The molecule has 18 heavy (non-hydrogen) atoms. The summed E-state index contributed by atoms with van der Waals surface area (Å²) in [7, 11) is 0. The highest BCUT2D eigenvalue weighted by molar-refractivity contribution is 5.61. The zero-order chi connectivity index (χ0) is 13.1. The summed E-state index contributed by atoms with van der Waals surface area (Å²) < 4.78 is 1.84. The first kappa shape index (κ1) is 12.2. The first-order valence-electron chi connectivity index (χ1n) is 6.07. The van der Waals surface area contributed by atoms with Crippen LogP contribution in [-0.2, 0) is 12.8 Å². The lowest BCUT2D eigenvalue weighted by Gasteiger charge is -2.09. The summed E-state index contributed by atoms with van der Waals surface area (Å²) >= 11 is 0. The van der Waals surface area contributed by atoms with Crippen LogP contribution in [0.3, 0.4) is 0 Å². The molecule has 2 aromatic rings. The van der Waals surface area contributed by atoms with E-state index in [4.69, 9.17) is 11.0 Å². The lowest BCUT2D eigenvalue weighted by atomic mass is 10.2. The van der Waals surface area contributed by atoms with E-state index in [-0.39, 0.29) is 0 Å². The molecular formula is C14H16N4. The highest BCUT2D eigenvalue weighted by Gasteiger charge is 2.10. The van der Waals surface area contributed by atoms with Gasteiger partial charge in [-0.1, -0.05) is 13.8 Å². The summed E-state index contributed by atoms with van der Waals surface area (Å²) in [5, 5.41) is 13.5. The number of nitrogens with two attached hydrogens (primary N) is 1. The Labute approximate surface area is 107 Å². The van der Waals surface area contributed by atoms with Gasteiger partial charge in [-0.2, -0.15) is 10.4 Å². The normalized spacial score (nSPS) is 10.3. The average Bonchev–Trinajstić information content (AvgIpc) is 2.82. The van der Waals surface area contributed by atoms with Gasteiger partial charge in [0.2, 0.25) is 0 Å². The fourth-order valence-corrected chi connectivity index (χ4v) is 1.90. The molecule has 0 saturated heterocycles. The van der Waals surface area contributed by atoms with Crippen molar-refractivity contribution >= 4 is 5.69 Å². The van der Waals surface area contributed by atoms with E-state index in [1.165, 1.54) is 0 Å². The van der Waals surface area contributed by atoms with Crippen molar-refractivity contribution in [2.75, 3.05) is 5.73 Å². The summed E-state index contributed by atoms with van der Waals surface area (Å²) in [6.45, 7) is 4.15. The Morgan fingerprint density at radius 1 is 1.28 bits per heavy atom. The summed E-state index contributed by atoms with van der Waals surface area (Å²) in [5.41, 5.74) is 10.1. The molecule has 0 bridgehead atoms. The molecule has 92 valence electrons. The smallest absolute Gasteiger partial charge is 0.0992 e. The van der Waals surface area contributed by atoms with Crippen LogP contribution in [0.4, 0.5) is 5.69 Å². The van der Waals surface area contributed by atoms with Crippen LogP contribution in [0.25, 0.3) is 5.69 Å². The van der Waals surface area contributed by atoms with Crippen LogP contribution in [0.15, 0.2) is 24.3 Å². The van der Waals surface area contributed by atoms with E-state index in [0.717, 1.165) is 29.9 Å². The van der Waals surface area contributed by atoms with E-state index >= 15 is 0 Å². The molecule has 1 heterocycles. The van der Waals surface area contributed by atoms with Gasteiger partial charge in [0.05, 0.1) is 28.7 Å². The Morgan fingerprint density at radius 2 is 2.06 bits per heavy atom. The topological polar surface area (TPSA) is 67.6 Å². The minimum atomic E-state index is 0.592. The van der Waals surface area contributed by atoms with Crippen molar-refractivity contribution in [1.82, 2.24) is 9.78 Å². The number of hydrogen-bond acceptors (Lipinski definition) is 3. The monoisotopic (exact) mass is 240 g/mol. The third kappa shape index (κ3) is 2.07. The second-order valence-corrected chi connectivity index (χ2v) is 4.13. The number of rotatable bonds is 3. The van der Waals surface area contributed by atoms with E-state index in [1.807, 2.05) is 4.68 Å². The number of benzene rings is 1. The Balaban J connectivity index is 2.60. The number of nitrogen functional groups attached to an aromatic ring is 1. The Morgan fingerprint density at radius 3 is 2.67 bits per heavy atom. The highest BCUT2D eigenvalue weighted by Crippen LogP contribution is 2.21. The van der Waals surface area contributed by atoms with E-state index in [9.17, 15) is 0 Å². The Bertz CT molecular complexity index is 605. The minimum absolute atomic E-state index is 0.592. The standard InChI is InChI=1S/C14H16N4/c1-3-11-8-12(4-2)18(17-11)14-7-10(9-15)5-6-13(14)16/h5-8H,3-4,16H2,1-2H3. The molecule has 2 rings (SSSR count). The zero-order valence-electron chi connectivity index (χ0n) is 10.6. The number of aromatic nitrogens is 2. The lowest BCUT2D eigenvalue weighted by molar-refractivity contribution is 0.795. The van der Waals surface area contributed by atoms with Gasteiger partial charge >= 0.3 is 0 Å². The van der Waals surface area contributed by atoms with Crippen molar-refractivity contribution < 1.29 is 0 Å². The number of nitrogens with zero attached hydrogens (tertiary/aromatic N) is 3. The molecule has 0 fully saturated rings. The van der Waals surface area contributed by atoms with Crippen LogP contribution in [-0.4, -0.2) is 9.78 Å². The van der Waals surface area contributed by atoms with Gasteiger partial charge in [-0.3, -0.25) is 0 Å². The third-order valence-electron chi connectivity index (χ3n) is 2.95. The van der Waals surface area contributed by atoms with E-state index < -0.39 is 0 Å². The van der Waals surface area contributed by atoms with E-state index in [0.29, 0.717) is 11.3 Å². The van der Waals surface area contributed by atoms with Crippen molar-refractivity contribution in [3.63, 3.8) is 0 Å². The quantitative estimate of drug-likeness (QED) is 0.838. The molecule has 2 N–H and O–H groups in total. The molecule has 0 atom stereocenters. The summed E-state index contributed by atoms with van der Waals surface area (Å²) in [4.78, 5) is 0. The van der Waals surface area contributed by atoms with Crippen LogP contribution in [0.1, 0.15) is 30.8 Å². The van der Waals surface area contributed by atoms with Gasteiger partial charge in [0, 0.05) is 5.69 Å². The lowest BCUT2D eigenvalue weighted by Crippen LogP contribution is -2.05. The SMILES string of the molecule is CCc1cc(CC)n(-c2cc(C#N)ccc2N)n1. The number of nitriles is 1. The molecule has 4 heteroatoms. The minimum Gasteiger partial charge on any atom is -0.397 e. The molecule has 1 aromatic heterocycles. The molecule has 4 nitrogen and oxygen atoms in total. The summed E-state index contributed by atoms with van der Waals surface area (Å²) in [6, 6.07) is 9.45. The van der Waals surface area contributed by atoms with Crippen molar-refractivity contribution in [1.29, 1.82) is 5.26 Å². The number of hydrogen-bond donors (Lipinski definition) is 1. The Hall–Kier alpha value is -2.28. The van der Waals surface area contributed by atoms with Gasteiger partial charge < -0.3 is 5.73 Å². The zero-order valence-corrected chi connectivity index (χ0v) is 10.6. The molecule has 1 aromatic carbocycles. The molecule has 0 aliphatic carbocycles. The molecule has 0 aliphatic heterocycles. The van der Waals surface area contributed by atoms with Crippen LogP contribution in [0, 0.1) is 11.3 Å². The third-order valence-corrected chi connectivity index (χ3v) is 2.95. The molecular weight excluding hydrogens is 224 g/mol. The number of anilines is 1. The highest BCUT2D eigenvalue weighted by atomic mass is 15.3. The molecule has 0 spiro atoms. The van der Waals surface area contributed by atoms with E-state index in [2.05, 4.69) is 31.1 Å². The van der Waals surface area contributed by atoms with Crippen LogP contribution in [0.2, 0.25) is 0 Å². The predicted octanol–water partition coefficient (Wildman–Crippen LogP) is 2.45. The maximum Gasteiger partial charge on any atom is 0.0992 e. The van der Waals surface area contributed by atoms with Gasteiger partial charge in [-0.05, 0) is 37.1 Å². The largest absolute Gasteiger partial charge is 0.397 e. The van der Waals surface area contributed by atoms with E-state index in [1.54, 1.807) is 18.2 Å². The van der Waals surface area contributed by atoms with Gasteiger partial charge in [0.1, 0.15) is 0 Å². The van der Waals surface area contributed by atoms with Crippen LogP contribution < -0.4 is 5.73 Å². The molecule has 0 aliphatic rings. The first-order chi connectivity index (χ1) is 8.69. The fraction of sp³-hybridized carbons (Fsp3) is 0.286. The van der Waals surface area contributed by atoms with Crippen LogP contribution in [0.5, 0.6) is 0 Å². The molecule has 0 saturated carbocycles. The number of aryl methyl sites for hydroxylation is 2. The fourth-order valence-electron chi connectivity index (χ4n) is 1.90. The Kier molecular flexibility index (Phi) is 3.33. The molecule has 0 radical (unpaired) electrons. The average molecular weight is 240 g/mol. The predicted molar refractivity (Wildman–Crippen MR) is 71.4 cm³/mol. The van der Waals surface area contributed by atoms with Crippen molar-refractivity contribution in [3.8, 4) is 11.8 Å². The second kappa shape index (κ2) is 4.92. The van der Waals surface area contributed by atoms with Gasteiger partial charge in [0.25, 0.3) is 0 Å². The summed E-state index contributed by atoms with van der Waals surface area (Å²) in [5.74, 6) is 0. The van der Waals surface area contributed by atoms with Gasteiger partial charge in [-0.15, -0.1) is 0 Å². The van der Waals surface area contributed by atoms with Gasteiger partial charge in [-0.25, -0.2) is 4.68 Å².